The van der Waals surface area contributed by atoms with Crippen LogP contribution in [0.5, 0.6) is 0 Å². The highest BCUT2D eigenvalue weighted by Gasteiger charge is 2.18. The molecule has 1 unspecified atom stereocenters. The highest BCUT2D eigenvalue weighted by molar-refractivity contribution is 5.34. The van der Waals surface area contributed by atoms with Gasteiger partial charge in [0.05, 0.1) is 5.69 Å². The van der Waals surface area contributed by atoms with E-state index in [-0.39, 0.29) is 0 Å². The molecule has 1 aromatic heterocycles. The van der Waals surface area contributed by atoms with E-state index in [1.54, 1.807) is 0 Å². The lowest BCUT2D eigenvalue weighted by atomic mass is 9.95. The molecule has 1 atom stereocenters. The quantitative estimate of drug-likeness (QED) is 0.866. The van der Waals surface area contributed by atoms with Gasteiger partial charge in [0.1, 0.15) is 5.82 Å². The first-order valence-electron chi connectivity index (χ1n) is 6.68. The molecule has 0 aromatic carbocycles. The largest absolute Gasteiger partial charge is 0.373 e. The van der Waals surface area contributed by atoms with Crippen LogP contribution >= 0.6 is 0 Å². The summed E-state index contributed by atoms with van der Waals surface area (Å²) >= 11 is 0. The van der Waals surface area contributed by atoms with Gasteiger partial charge in [0, 0.05) is 20.1 Å². The second kappa shape index (κ2) is 6.01. The topological polar surface area (TPSA) is 28.2 Å². The summed E-state index contributed by atoms with van der Waals surface area (Å²) in [4.78, 5) is 7.12. The van der Waals surface area contributed by atoms with Gasteiger partial charge >= 0.3 is 0 Å². The third-order valence-corrected chi connectivity index (χ3v) is 3.63. The molecular formula is C14H23N3. The van der Waals surface area contributed by atoms with Gasteiger partial charge in [-0.1, -0.05) is 19.4 Å². The van der Waals surface area contributed by atoms with E-state index in [4.69, 9.17) is 0 Å². The van der Waals surface area contributed by atoms with Crippen molar-refractivity contribution in [3.63, 3.8) is 0 Å². The number of nitrogens with one attached hydrogen (secondary N) is 1. The van der Waals surface area contributed by atoms with E-state index < -0.39 is 0 Å². The van der Waals surface area contributed by atoms with Crippen molar-refractivity contribution in [2.45, 2.75) is 32.7 Å². The monoisotopic (exact) mass is 233 g/mol. The van der Waals surface area contributed by atoms with Crippen LogP contribution in [0.15, 0.2) is 18.2 Å². The summed E-state index contributed by atoms with van der Waals surface area (Å²) < 4.78 is 0. The van der Waals surface area contributed by atoms with Gasteiger partial charge in [-0.2, -0.15) is 0 Å². The number of anilines is 1. The van der Waals surface area contributed by atoms with Crippen LogP contribution in [-0.4, -0.2) is 30.0 Å². The second-order valence-electron chi connectivity index (χ2n) is 4.92. The zero-order valence-electron chi connectivity index (χ0n) is 10.9. The predicted molar refractivity (Wildman–Crippen MR) is 72.1 cm³/mol. The normalized spacial score (nSPS) is 21.4. The fraction of sp³-hybridized carbons (Fsp3) is 0.643. The average Bonchev–Trinajstić information content (AvgIpc) is 2.39. The number of hydrogen-bond donors (Lipinski definition) is 1. The minimum absolute atomic E-state index is 0.885. The Bertz CT molecular complexity index is 351. The number of hydrogen-bond acceptors (Lipinski definition) is 3. The molecule has 17 heavy (non-hydrogen) atoms. The van der Waals surface area contributed by atoms with Crippen molar-refractivity contribution >= 4 is 5.82 Å². The van der Waals surface area contributed by atoms with Gasteiger partial charge in [0.15, 0.2) is 0 Å². The number of aromatic nitrogens is 1. The van der Waals surface area contributed by atoms with E-state index in [2.05, 4.69) is 34.3 Å². The van der Waals surface area contributed by atoms with Crippen LogP contribution in [0, 0.1) is 5.92 Å². The minimum atomic E-state index is 0.885. The van der Waals surface area contributed by atoms with Crippen LogP contribution in [0.4, 0.5) is 5.82 Å². The van der Waals surface area contributed by atoms with E-state index in [1.165, 1.54) is 38.0 Å². The summed E-state index contributed by atoms with van der Waals surface area (Å²) in [5.74, 6) is 1.85. The summed E-state index contributed by atoms with van der Waals surface area (Å²) in [6.45, 7) is 5.75. The molecule has 0 aliphatic carbocycles. The number of pyridine rings is 1. The Labute approximate surface area is 104 Å². The molecule has 1 saturated heterocycles. The third kappa shape index (κ3) is 3.43. The van der Waals surface area contributed by atoms with Crippen LogP contribution in [0.3, 0.4) is 0 Å². The molecule has 1 aliphatic heterocycles. The zero-order valence-corrected chi connectivity index (χ0v) is 10.9. The van der Waals surface area contributed by atoms with Gasteiger partial charge < -0.3 is 5.32 Å². The van der Waals surface area contributed by atoms with Crippen molar-refractivity contribution in [2.24, 2.45) is 5.92 Å². The SMILES string of the molecule is CCC1CCCN(Cc2cccc(NC)n2)C1. The maximum atomic E-state index is 4.58. The van der Waals surface area contributed by atoms with Crippen molar-refractivity contribution in [1.82, 2.24) is 9.88 Å². The number of nitrogens with zero attached hydrogens (tertiary/aromatic N) is 2. The molecule has 1 fully saturated rings. The van der Waals surface area contributed by atoms with Crippen molar-refractivity contribution in [2.75, 3.05) is 25.5 Å². The highest BCUT2D eigenvalue weighted by atomic mass is 15.1. The summed E-state index contributed by atoms with van der Waals surface area (Å²) in [5.41, 5.74) is 1.17. The van der Waals surface area contributed by atoms with Gasteiger partial charge in [-0.05, 0) is 37.4 Å². The molecule has 2 heterocycles. The maximum absolute atomic E-state index is 4.58. The number of rotatable bonds is 4. The predicted octanol–water partition coefficient (Wildman–Crippen LogP) is 2.75. The average molecular weight is 233 g/mol. The van der Waals surface area contributed by atoms with Crippen LogP contribution in [0.1, 0.15) is 31.9 Å². The van der Waals surface area contributed by atoms with Crippen molar-refractivity contribution in [3.05, 3.63) is 23.9 Å². The smallest absolute Gasteiger partial charge is 0.126 e. The Hall–Kier alpha value is -1.09. The van der Waals surface area contributed by atoms with Crippen molar-refractivity contribution in [1.29, 1.82) is 0 Å². The van der Waals surface area contributed by atoms with Gasteiger partial charge in [0.2, 0.25) is 0 Å². The number of piperidine rings is 1. The zero-order chi connectivity index (χ0) is 12.1. The van der Waals surface area contributed by atoms with Crippen molar-refractivity contribution in [3.8, 4) is 0 Å². The molecule has 1 N–H and O–H groups in total. The first kappa shape index (κ1) is 12.4. The summed E-state index contributed by atoms with van der Waals surface area (Å²) in [6, 6.07) is 6.21. The molecule has 3 nitrogen and oxygen atoms in total. The maximum Gasteiger partial charge on any atom is 0.126 e. The Morgan fingerprint density at radius 3 is 3.12 bits per heavy atom. The summed E-state index contributed by atoms with van der Waals surface area (Å²) in [6.07, 6.45) is 4.04. The lowest BCUT2D eigenvalue weighted by Crippen LogP contribution is -2.34. The van der Waals surface area contributed by atoms with Crippen LogP contribution < -0.4 is 5.32 Å². The van der Waals surface area contributed by atoms with Gasteiger partial charge in [0.25, 0.3) is 0 Å². The lowest BCUT2D eigenvalue weighted by Gasteiger charge is -2.31. The minimum Gasteiger partial charge on any atom is -0.373 e. The van der Waals surface area contributed by atoms with Crippen LogP contribution in [-0.2, 0) is 6.54 Å². The first-order valence-corrected chi connectivity index (χ1v) is 6.68. The third-order valence-electron chi connectivity index (χ3n) is 3.63. The van der Waals surface area contributed by atoms with Gasteiger partial charge in [-0.25, -0.2) is 4.98 Å². The molecule has 0 spiro atoms. The highest BCUT2D eigenvalue weighted by Crippen LogP contribution is 2.20. The lowest BCUT2D eigenvalue weighted by molar-refractivity contribution is 0.163. The van der Waals surface area contributed by atoms with Crippen LogP contribution in [0.2, 0.25) is 0 Å². The Morgan fingerprint density at radius 1 is 1.47 bits per heavy atom. The standard InChI is InChI=1S/C14H23N3/c1-3-12-6-5-9-17(10-12)11-13-7-4-8-14(15-2)16-13/h4,7-8,12H,3,5-6,9-11H2,1-2H3,(H,15,16). The molecule has 0 amide bonds. The van der Waals surface area contributed by atoms with Crippen molar-refractivity contribution < 1.29 is 0 Å². The van der Waals surface area contributed by atoms with E-state index in [0.717, 1.165) is 18.3 Å². The molecule has 2 rings (SSSR count). The van der Waals surface area contributed by atoms with E-state index in [9.17, 15) is 0 Å². The number of likely N-dealkylation sites (tertiary alicyclic amines) is 1. The molecule has 1 aromatic rings. The Morgan fingerprint density at radius 2 is 2.35 bits per heavy atom. The fourth-order valence-electron chi connectivity index (χ4n) is 2.56. The molecule has 0 bridgehead atoms. The van der Waals surface area contributed by atoms with Crippen LogP contribution in [0.25, 0.3) is 0 Å². The van der Waals surface area contributed by atoms with E-state index >= 15 is 0 Å². The first-order chi connectivity index (χ1) is 8.31. The molecular weight excluding hydrogens is 210 g/mol. The Kier molecular flexibility index (Phi) is 4.37. The van der Waals surface area contributed by atoms with E-state index in [1.807, 2.05) is 13.1 Å². The summed E-state index contributed by atoms with van der Waals surface area (Å²) in [5, 5.41) is 3.09. The second-order valence-corrected chi connectivity index (χ2v) is 4.92. The molecule has 1 aliphatic rings. The molecule has 0 saturated carbocycles. The fourth-order valence-corrected chi connectivity index (χ4v) is 2.56. The Balaban J connectivity index is 1.95. The van der Waals surface area contributed by atoms with Gasteiger partial charge in [-0.3, -0.25) is 4.90 Å². The molecule has 94 valence electrons. The molecule has 3 heteroatoms. The van der Waals surface area contributed by atoms with Gasteiger partial charge in [-0.15, -0.1) is 0 Å². The summed E-state index contributed by atoms with van der Waals surface area (Å²) in [7, 11) is 1.92. The molecule has 0 radical (unpaired) electrons. The van der Waals surface area contributed by atoms with E-state index in [0.29, 0.717) is 0 Å².